The number of hydrogen-bond acceptors (Lipinski definition) is 5. The summed E-state index contributed by atoms with van der Waals surface area (Å²) in [6.07, 6.45) is 0.768. The van der Waals surface area contributed by atoms with Gasteiger partial charge in [-0.3, -0.25) is 4.79 Å². The maximum Gasteiger partial charge on any atom is 0.344 e. The summed E-state index contributed by atoms with van der Waals surface area (Å²) in [6.45, 7) is 7.29. The van der Waals surface area contributed by atoms with Crippen molar-refractivity contribution in [3.8, 4) is 11.5 Å². The number of para-hydroxylation sites is 1. The second kappa shape index (κ2) is 8.55. The molecule has 1 atom stereocenters. The van der Waals surface area contributed by atoms with Crippen molar-refractivity contribution in [1.82, 2.24) is 0 Å². The van der Waals surface area contributed by atoms with Crippen molar-refractivity contribution < 1.29 is 23.8 Å². The Morgan fingerprint density at radius 2 is 1.90 bits per heavy atom. The van der Waals surface area contributed by atoms with Crippen LogP contribution in [0.25, 0.3) is 0 Å². The molecule has 1 aliphatic rings. The fraction of sp³-hybridized carbons (Fsp3) is 0.391. The molecule has 6 nitrogen and oxygen atoms in total. The molecule has 1 heterocycles. The highest BCUT2D eigenvalue weighted by molar-refractivity contribution is 5.95. The number of hydrogen-bond donors (Lipinski definition) is 1. The van der Waals surface area contributed by atoms with Crippen LogP contribution in [0, 0.1) is 0 Å². The van der Waals surface area contributed by atoms with Crippen LogP contribution < -0.4 is 14.8 Å². The van der Waals surface area contributed by atoms with Crippen LogP contribution in [-0.4, -0.2) is 30.2 Å². The number of esters is 1. The Bertz CT molecular complexity index is 889. The van der Waals surface area contributed by atoms with Crippen LogP contribution in [-0.2, 0) is 27.2 Å². The van der Waals surface area contributed by atoms with Crippen LogP contribution in [0.3, 0.4) is 0 Å². The Morgan fingerprint density at radius 1 is 1.17 bits per heavy atom. The molecule has 0 saturated heterocycles. The molecular weight excluding hydrogens is 370 g/mol. The highest BCUT2D eigenvalue weighted by Crippen LogP contribution is 2.41. The standard InChI is InChI=1S/C23H27NO5/c1-5-16-9-11-18(12-10-16)24-22(26)15(2)28-20(25)14-27-19-8-6-7-17-13-23(3,4)29-21(17)19/h6-12,15H,5,13-14H2,1-4H3,(H,24,26)/t15-/m0/s1. The first kappa shape index (κ1) is 20.7. The van der Waals surface area contributed by atoms with E-state index in [2.05, 4.69) is 12.2 Å². The monoisotopic (exact) mass is 397 g/mol. The van der Waals surface area contributed by atoms with Gasteiger partial charge in [0.05, 0.1) is 0 Å². The quantitative estimate of drug-likeness (QED) is 0.717. The van der Waals surface area contributed by atoms with Crippen LogP contribution in [0.1, 0.15) is 38.8 Å². The Morgan fingerprint density at radius 3 is 2.59 bits per heavy atom. The van der Waals surface area contributed by atoms with Gasteiger partial charge >= 0.3 is 5.97 Å². The molecule has 2 aromatic carbocycles. The predicted octanol–water partition coefficient (Wildman–Crippen LogP) is 3.91. The molecule has 154 valence electrons. The van der Waals surface area contributed by atoms with Gasteiger partial charge < -0.3 is 19.5 Å². The van der Waals surface area contributed by atoms with Gasteiger partial charge in [-0.05, 0) is 51.0 Å². The Kier molecular flexibility index (Phi) is 6.11. The van der Waals surface area contributed by atoms with Crippen LogP contribution in [0.2, 0.25) is 0 Å². The summed E-state index contributed by atoms with van der Waals surface area (Å²) in [5.41, 5.74) is 2.58. The van der Waals surface area contributed by atoms with E-state index in [0.29, 0.717) is 17.2 Å². The van der Waals surface area contributed by atoms with Gasteiger partial charge in [0, 0.05) is 17.7 Å². The minimum atomic E-state index is -0.936. The van der Waals surface area contributed by atoms with Gasteiger partial charge in [-0.25, -0.2) is 4.79 Å². The zero-order chi connectivity index (χ0) is 21.0. The molecule has 0 unspecified atom stereocenters. The van der Waals surface area contributed by atoms with E-state index >= 15 is 0 Å². The number of rotatable bonds is 7. The molecule has 3 rings (SSSR count). The second-order valence-corrected chi connectivity index (χ2v) is 7.74. The summed E-state index contributed by atoms with van der Waals surface area (Å²) in [5.74, 6) is 0.141. The topological polar surface area (TPSA) is 73.9 Å². The molecule has 29 heavy (non-hydrogen) atoms. The van der Waals surface area contributed by atoms with Gasteiger partial charge in [0.2, 0.25) is 0 Å². The average molecular weight is 397 g/mol. The second-order valence-electron chi connectivity index (χ2n) is 7.74. The average Bonchev–Trinajstić information content (AvgIpc) is 3.01. The van der Waals surface area contributed by atoms with E-state index in [1.165, 1.54) is 12.5 Å². The summed E-state index contributed by atoms with van der Waals surface area (Å²) in [7, 11) is 0. The predicted molar refractivity (Wildman–Crippen MR) is 110 cm³/mol. The molecule has 6 heteroatoms. The highest BCUT2D eigenvalue weighted by atomic mass is 16.6. The molecule has 1 N–H and O–H groups in total. The van der Waals surface area contributed by atoms with Crippen LogP contribution in [0.5, 0.6) is 11.5 Å². The first-order valence-electron chi connectivity index (χ1n) is 9.80. The largest absolute Gasteiger partial charge is 0.483 e. The number of aryl methyl sites for hydroxylation is 1. The van der Waals surface area contributed by atoms with E-state index in [1.807, 2.05) is 50.2 Å². The van der Waals surface area contributed by atoms with E-state index in [0.717, 1.165) is 18.4 Å². The van der Waals surface area contributed by atoms with Crippen molar-refractivity contribution >= 4 is 17.6 Å². The summed E-state index contributed by atoms with van der Waals surface area (Å²) in [6, 6.07) is 13.1. The molecule has 0 spiro atoms. The van der Waals surface area contributed by atoms with E-state index < -0.39 is 18.0 Å². The summed E-state index contributed by atoms with van der Waals surface area (Å²) in [5, 5.41) is 2.74. The van der Waals surface area contributed by atoms with Crippen molar-refractivity contribution in [2.45, 2.75) is 52.2 Å². The molecule has 1 amide bonds. The smallest absolute Gasteiger partial charge is 0.344 e. The first-order valence-corrected chi connectivity index (χ1v) is 9.80. The number of fused-ring (bicyclic) bond motifs is 1. The van der Waals surface area contributed by atoms with Gasteiger partial charge in [-0.15, -0.1) is 0 Å². The third-order valence-corrected chi connectivity index (χ3v) is 4.71. The van der Waals surface area contributed by atoms with Crippen molar-refractivity contribution in [3.63, 3.8) is 0 Å². The van der Waals surface area contributed by atoms with Crippen molar-refractivity contribution in [2.24, 2.45) is 0 Å². The zero-order valence-corrected chi connectivity index (χ0v) is 17.3. The zero-order valence-electron chi connectivity index (χ0n) is 17.3. The molecule has 2 aromatic rings. The lowest BCUT2D eigenvalue weighted by Crippen LogP contribution is -2.31. The number of carbonyl (C=O) groups excluding carboxylic acids is 2. The fourth-order valence-corrected chi connectivity index (χ4v) is 3.19. The number of benzene rings is 2. The lowest BCUT2D eigenvalue weighted by Gasteiger charge is -2.18. The van der Waals surface area contributed by atoms with Gasteiger partial charge in [-0.2, -0.15) is 0 Å². The molecule has 0 bridgehead atoms. The number of anilines is 1. The van der Waals surface area contributed by atoms with Crippen molar-refractivity contribution in [1.29, 1.82) is 0 Å². The molecule has 0 saturated carbocycles. The third-order valence-electron chi connectivity index (χ3n) is 4.71. The Labute approximate surface area is 171 Å². The lowest BCUT2D eigenvalue weighted by atomic mass is 10.0. The molecule has 1 aliphatic heterocycles. The molecule has 0 radical (unpaired) electrons. The van der Waals surface area contributed by atoms with Gasteiger partial charge in [0.1, 0.15) is 5.60 Å². The summed E-state index contributed by atoms with van der Waals surface area (Å²) < 4.78 is 16.7. The van der Waals surface area contributed by atoms with E-state index in [4.69, 9.17) is 14.2 Å². The normalized spacial score (nSPS) is 15.0. The van der Waals surface area contributed by atoms with Gasteiger partial charge in [0.25, 0.3) is 5.91 Å². The van der Waals surface area contributed by atoms with Gasteiger partial charge in [-0.1, -0.05) is 31.2 Å². The minimum absolute atomic E-state index is 0.301. The fourth-order valence-electron chi connectivity index (χ4n) is 3.19. The molecule has 0 aliphatic carbocycles. The molecule has 0 fully saturated rings. The lowest BCUT2D eigenvalue weighted by molar-refractivity contribution is -0.155. The highest BCUT2D eigenvalue weighted by Gasteiger charge is 2.32. The van der Waals surface area contributed by atoms with Crippen LogP contribution in [0.4, 0.5) is 5.69 Å². The number of ether oxygens (including phenoxy) is 3. The van der Waals surface area contributed by atoms with Gasteiger partial charge in [0.15, 0.2) is 24.2 Å². The molecule has 0 aromatic heterocycles. The number of nitrogens with one attached hydrogen (secondary N) is 1. The van der Waals surface area contributed by atoms with Crippen molar-refractivity contribution in [2.75, 3.05) is 11.9 Å². The van der Waals surface area contributed by atoms with Crippen LogP contribution >= 0.6 is 0 Å². The molecular formula is C23H27NO5. The van der Waals surface area contributed by atoms with E-state index in [9.17, 15) is 9.59 Å². The Hall–Kier alpha value is -3.02. The van der Waals surface area contributed by atoms with E-state index in [-0.39, 0.29) is 12.2 Å². The van der Waals surface area contributed by atoms with Crippen LogP contribution in [0.15, 0.2) is 42.5 Å². The SMILES string of the molecule is CCc1ccc(NC(=O)[C@H](C)OC(=O)COc2cccc3c2OC(C)(C)C3)cc1. The summed E-state index contributed by atoms with van der Waals surface area (Å²) >= 11 is 0. The Balaban J connectivity index is 1.51. The van der Waals surface area contributed by atoms with E-state index in [1.54, 1.807) is 6.07 Å². The third kappa shape index (κ3) is 5.28. The van der Waals surface area contributed by atoms with Crippen molar-refractivity contribution in [3.05, 3.63) is 53.6 Å². The minimum Gasteiger partial charge on any atom is -0.483 e. The number of carbonyl (C=O) groups is 2. The maximum absolute atomic E-state index is 12.3. The maximum atomic E-state index is 12.3. The first-order chi connectivity index (χ1) is 13.8. The number of amides is 1. The summed E-state index contributed by atoms with van der Waals surface area (Å²) in [4.78, 5) is 24.4.